The van der Waals surface area contributed by atoms with Crippen molar-refractivity contribution < 1.29 is 14.6 Å². The highest BCUT2D eigenvalue weighted by Crippen LogP contribution is 2.39. The van der Waals surface area contributed by atoms with Gasteiger partial charge in [-0.15, -0.1) is 0 Å². The van der Waals surface area contributed by atoms with Gasteiger partial charge in [0, 0.05) is 5.92 Å². The van der Waals surface area contributed by atoms with Crippen LogP contribution in [-0.4, -0.2) is 28.9 Å². The van der Waals surface area contributed by atoms with Crippen molar-refractivity contribution in [2.75, 3.05) is 14.2 Å². The van der Waals surface area contributed by atoms with Crippen LogP contribution in [-0.2, 0) is 0 Å². The largest absolute Gasteiger partial charge is 0.494 e. The monoisotopic (exact) mass is 394 g/mol. The van der Waals surface area contributed by atoms with Gasteiger partial charge in [-0.05, 0) is 40.9 Å². The number of para-hydroxylation sites is 1. The number of rotatable bonds is 4. The Hall–Kier alpha value is -2.02. The van der Waals surface area contributed by atoms with E-state index in [2.05, 4.69) is 20.9 Å². The van der Waals surface area contributed by atoms with Crippen LogP contribution < -0.4 is 15.0 Å². The Morgan fingerprint density at radius 1 is 1.21 bits per heavy atom. The summed E-state index contributed by atoms with van der Waals surface area (Å²) in [5.41, 5.74) is 0.120. The fraction of sp³-hybridized carbons (Fsp3) is 0.412. The third-order valence-corrected chi connectivity index (χ3v) is 5.08. The molecule has 7 heteroatoms. The van der Waals surface area contributed by atoms with Gasteiger partial charge in [0.1, 0.15) is 27.5 Å². The lowest BCUT2D eigenvalue weighted by molar-refractivity contribution is 0.387. The van der Waals surface area contributed by atoms with Crippen molar-refractivity contribution in [1.82, 2.24) is 9.55 Å². The maximum absolute atomic E-state index is 12.9. The van der Waals surface area contributed by atoms with Crippen molar-refractivity contribution in [3.63, 3.8) is 0 Å². The summed E-state index contributed by atoms with van der Waals surface area (Å²) in [6.45, 7) is 0. The van der Waals surface area contributed by atoms with Gasteiger partial charge in [0.15, 0.2) is 0 Å². The topological polar surface area (TPSA) is 73.6 Å². The Bertz CT molecular complexity index is 791. The Labute approximate surface area is 148 Å². The molecule has 0 bridgehead atoms. The molecule has 6 nitrogen and oxygen atoms in total. The molecule has 24 heavy (non-hydrogen) atoms. The van der Waals surface area contributed by atoms with Crippen LogP contribution in [0.5, 0.6) is 17.4 Å². The molecule has 3 rings (SSSR count). The van der Waals surface area contributed by atoms with Crippen LogP contribution in [0, 0.1) is 0 Å². The van der Waals surface area contributed by atoms with Crippen molar-refractivity contribution in [2.24, 2.45) is 0 Å². The van der Waals surface area contributed by atoms with E-state index in [0.29, 0.717) is 23.0 Å². The SMILES string of the molecule is COc1cccc(OC)c1-n1c(C2CCCC2)nc(O)c(Br)c1=O. The van der Waals surface area contributed by atoms with Crippen LogP contribution in [0.2, 0.25) is 0 Å². The predicted molar refractivity (Wildman–Crippen MR) is 93.5 cm³/mol. The first kappa shape index (κ1) is 16.8. The van der Waals surface area contributed by atoms with Crippen LogP contribution in [0.4, 0.5) is 0 Å². The van der Waals surface area contributed by atoms with Gasteiger partial charge in [0.25, 0.3) is 5.56 Å². The van der Waals surface area contributed by atoms with E-state index < -0.39 is 0 Å². The van der Waals surface area contributed by atoms with E-state index in [1.165, 1.54) is 4.57 Å². The molecule has 1 N–H and O–H groups in total. The van der Waals surface area contributed by atoms with Crippen molar-refractivity contribution >= 4 is 15.9 Å². The summed E-state index contributed by atoms with van der Waals surface area (Å²) in [6, 6.07) is 5.33. The van der Waals surface area contributed by atoms with Crippen molar-refractivity contribution in [3.8, 4) is 23.1 Å². The number of nitrogens with zero attached hydrogens (tertiary/aromatic N) is 2. The fourth-order valence-electron chi connectivity index (χ4n) is 3.23. The molecule has 0 saturated heterocycles. The number of halogens is 1. The van der Waals surface area contributed by atoms with E-state index in [4.69, 9.17) is 9.47 Å². The second-order valence-electron chi connectivity index (χ2n) is 5.74. The molecule has 1 aliphatic carbocycles. The number of hydrogen-bond donors (Lipinski definition) is 1. The summed E-state index contributed by atoms with van der Waals surface area (Å²) in [5, 5.41) is 10.0. The third kappa shape index (κ3) is 2.77. The molecule has 1 fully saturated rings. The molecular weight excluding hydrogens is 376 g/mol. The van der Waals surface area contributed by atoms with Crippen LogP contribution in [0.1, 0.15) is 37.4 Å². The molecule has 1 heterocycles. The zero-order chi connectivity index (χ0) is 17.3. The number of benzene rings is 1. The second kappa shape index (κ2) is 6.84. The number of methoxy groups -OCH3 is 2. The van der Waals surface area contributed by atoms with Crippen LogP contribution in [0.3, 0.4) is 0 Å². The Morgan fingerprint density at radius 2 is 1.79 bits per heavy atom. The average molecular weight is 395 g/mol. The summed E-state index contributed by atoms with van der Waals surface area (Å²) >= 11 is 3.14. The zero-order valence-electron chi connectivity index (χ0n) is 13.6. The van der Waals surface area contributed by atoms with Gasteiger partial charge in [-0.1, -0.05) is 18.9 Å². The molecule has 2 aromatic rings. The Balaban J connectivity index is 2.35. The number of ether oxygens (including phenoxy) is 2. The number of aromatic hydroxyl groups is 1. The summed E-state index contributed by atoms with van der Waals surface area (Å²) in [7, 11) is 3.09. The Morgan fingerprint density at radius 3 is 2.33 bits per heavy atom. The second-order valence-corrected chi connectivity index (χ2v) is 6.53. The summed E-state index contributed by atoms with van der Waals surface area (Å²) in [6.07, 6.45) is 4.04. The highest BCUT2D eigenvalue weighted by atomic mass is 79.9. The van der Waals surface area contributed by atoms with Gasteiger partial charge < -0.3 is 14.6 Å². The third-order valence-electron chi connectivity index (χ3n) is 4.38. The lowest BCUT2D eigenvalue weighted by Crippen LogP contribution is -2.26. The lowest BCUT2D eigenvalue weighted by atomic mass is 10.1. The van der Waals surface area contributed by atoms with E-state index in [-0.39, 0.29) is 21.8 Å². The minimum absolute atomic E-state index is 0.0252. The van der Waals surface area contributed by atoms with Gasteiger partial charge in [-0.3, -0.25) is 9.36 Å². The van der Waals surface area contributed by atoms with Crippen LogP contribution in [0.25, 0.3) is 5.69 Å². The van der Waals surface area contributed by atoms with Gasteiger partial charge in [0.2, 0.25) is 5.88 Å². The summed E-state index contributed by atoms with van der Waals surface area (Å²) in [5.74, 6) is 1.39. The molecule has 1 aliphatic rings. The van der Waals surface area contributed by atoms with Crippen molar-refractivity contribution in [3.05, 3.63) is 38.9 Å². The zero-order valence-corrected chi connectivity index (χ0v) is 15.2. The fourth-order valence-corrected chi connectivity index (χ4v) is 3.50. The molecule has 0 radical (unpaired) electrons. The van der Waals surface area contributed by atoms with Crippen molar-refractivity contribution in [1.29, 1.82) is 0 Å². The molecular formula is C17H19BrN2O4. The van der Waals surface area contributed by atoms with Crippen LogP contribution in [0.15, 0.2) is 27.5 Å². The maximum Gasteiger partial charge on any atom is 0.276 e. The molecule has 0 amide bonds. The number of aromatic nitrogens is 2. The van der Waals surface area contributed by atoms with E-state index in [1.54, 1.807) is 32.4 Å². The van der Waals surface area contributed by atoms with Crippen LogP contribution >= 0.6 is 15.9 Å². The first-order valence-electron chi connectivity index (χ1n) is 7.81. The normalized spacial score (nSPS) is 14.8. The molecule has 1 aromatic heterocycles. The predicted octanol–water partition coefficient (Wildman–Crippen LogP) is 3.38. The van der Waals surface area contributed by atoms with Gasteiger partial charge in [-0.25, -0.2) is 0 Å². The molecule has 0 spiro atoms. The average Bonchev–Trinajstić information content (AvgIpc) is 3.13. The molecule has 1 saturated carbocycles. The standard InChI is InChI=1S/C17H19BrN2O4/c1-23-11-8-5-9-12(24-2)14(11)20-15(10-6-3-4-7-10)19-16(21)13(18)17(20)22/h5,8-10,21H,3-4,6-7H2,1-2H3. The number of hydrogen-bond acceptors (Lipinski definition) is 5. The Kier molecular flexibility index (Phi) is 4.80. The van der Waals surface area contributed by atoms with Gasteiger partial charge in [0.05, 0.1) is 14.2 Å². The maximum atomic E-state index is 12.9. The van der Waals surface area contributed by atoms with E-state index >= 15 is 0 Å². The molecule has 128 valence electrons. The van der Waals surface area contributed by atoms with Gasteiger partial charge in [-0.2, -0.15) is 4.98 Å². The summed E-state index contributed by atoms with van der Waals surface area (Å²) < 4.78 is 12.4. The lowest BCUT2D eigenvalue weighted by Gasteiger charge is -2.21. The van der Waals surface area contributed by atoms with E-state index in [9.17, 15) is 9.90 Å². The van der Waals surface area contributed by atoms with Gasteiger partial charge >= 0.3 is 0 Å². The van der Waals surface area contributed by atoms with Crippen molar-refractivity contribution in [2.45, 2.75) is 31.6 Å². The molecule has 1 aromatic carbocycles. The molecule has 0 unspecified atom stereocenters. The summed E-state index contributed by atoms with van der Waals surface area (Å²) in [4.78, 5) is 17.2. The minimum Gasteiger partial charge on any atom is -0.494 e. The highest BCUT2D eigenvalue weighted by molar-refractivity contribution is 9.10. The molecule has 0 aliphatic heterocycles. The first-order valence-corrected chi connectivity index (χ1v) is 8.60. The first-order chi connectivity index (χ1) is 11.6. The molecule has 0 atom stereocenters. The van der Waals surface area contributed by atoms with E-state index in [0.717, 1.165) is 25.7 Å². The quantitative estimate of drug-likeness (QED) is 0.860. The minimum atomic E-state index is -0.382. The van der Waals surface area contributed by atoms with E-state index in [1.807, 2.05) is 0 Å². The highest BCUT2D eigenvalue weighted by Gasteiger charge is 2.28. The smallest absolute Gasteiger partial charge is 0.276 e.